The number of aliphatic hydroxyl groups excluding tert-OH is 1. The third kappa shape index (κ3) is 3.36. The minimum absolute atomic E-state index is 0.147. The van der Waals surface area contributed by atoms with Crippen LogP contribution in [0.2, 0.25) is 0 Å². The molecular weight excluding hydrogens is 263 g/mol. The number of halogens is 1. The molecule has 1 N–H and O–H groups in total. The number of aromatic nitrogens is 2. The minimum atomic E-state index is -0.653. The summed E-state index contributed by atoms with van der Waals surface area (Å²) in [5.41, 5.74) is 1.57. The lowest BCUT2D eigenvalue weighted by molar-refractivity contribution is 0.179. The van der Waals surface area contributed by atoms with Crippen molar-refractivity contribution in [2.45, 2.75) is 38.7 Å². The zero-order chi connectivity index (χ0) is 14.0. The number of hydrogen-bond acceptors (Lipinski definition) is 4. The Morgan fingerprint density at radius 1 is 1.26 bits per heavy atom. The molecule has 1 atom stereocenters. The van der Waals surface area contributed by atoms with E-state index in [1.54, 1.807) is 12.1 Å². The highest BCUT2D eigenvalue weighted by Gasteiger charge is 2.26. The lowest BCUT2D eigenvalue weighted by atomic mass is 9.89. The molecule has 1 aromatic carbocycles. The SMILES string of the molecule is CC(C)(C)c1nnsc1C(O)Cc1ccc(F)cc1. The summed E-state index contributed by atoms with van der Waals surface area (Å²) in [7, 11) is 0. The molecule has 102 valence electrons. The van der Waals surface area contributed by atoms with Crippen LogP contribution in [0.4, 0.5) is 4.39 Å². The lowest BCUT2D eigenvalue weighted by Crippen LogP contribution is -2.16. The van der Waals surface area contributed by atoms with E-state index in [9.17, 15) is 9.50 Å². The van der Waals surface area contributed by atoms with Crippen molar-refractivity contribution in [3.8, 4) is 0 Å². The molecule has 0 amide bonds. The summed E-state index contributed by atoms with van der Waals surface area (Å²) in [6.45, 7) is 6.12. The second kappa shape index (κ2) is 5.35. The van der Waals surface area contributed by atoms with E-state index in [1.807, 2.05) is 20.8 Å². The van der Waals surface area contributed by atoms with E-state index in [0.29, 0.717) is 6.42 Å². The Morgan fingerprint density at radius 2 is 1.89 bits per heavy atom. The predicted molar refractivity (Wildman–Crippen MR) is 73.7 cm³/mol. The van der Waals surface area contributed by atoms with Crippen molar-refractivity contribution in [1.82, 2.24) is 9.59 Å². The first kappa shape index (κ1) is 14.1. The van der Waals surface area contributed by atoms with Crippen LogP contribution in [0.25, 0.3) is 0 Å². The van der Waals surface area contributed by atoms with Crippen LogP contribution in [0.3, 0.4) is 0 Å². The van der Waals surface area contributed by atoms with Crippen molar-refractivity contribution in [3.05, 3.63) is 46.2 Å². The van der Waals surface area contributed by atoms with Gasteiger partial charge in [-0.2, -0.15) is 0 Å². The third-order valence-corrected chi connectivity index (χ3v) is 3.69. The summed E-state index contributed by atoms with van der Waals surface area (Å²) < 4.78 is 16.8. The fourth-order valence-corrected chi connectivity index (χ4v) is 2.72. The molecule has 3 nitrogen and oxygen atoms in total. The van der Waals surface area contributed by atoms with Gasteiger partial charge in [-0.1, -0.05) is 37.4 Å². The summed E-state index contributed by atoms with van der Waals surface area (Å²) >= 11 is 1.22. The predicted octanol–water partition coefficient (Wildman–Crippen LogP) is 3.25. The van der Waals surface area contributed by atoms with Gasteiger partial charge in [0.05, 0.1) is 16.7 Å². The minimum Gasteiger partial charge on any atom is -0.387 e. The van der Waals surface area contributed by atoms with Crippen molar-refractivity contribution in [2.75, 3.05) is 0 Å². The highest BCUT2D eigenvalue weighted by Crippen LogP contribution is 2.31. The van der Waals surface area contributed by atoms with Gasteiger partial charge in [0.2, 0.25) is 0 Å². The van der Waals surface area contributed by atoms with Gasteiger partial charge in [-0.15, -0.1) is 5.10 Å². The van der Waals surface area contributed by atoms with Gasteiger partial charge in [0.25, 0.3) is 0 Å². The van der Waals surface area contributed by atoms with Crippen LogP contribution in [-0.2, 0) is 11.8 Å². The van der Waals surface area contributed by atoms with Gasteiger partial charge in [0.15, 0.2) is 0 Å². The number of hydrogen-bond donors (Lipinski definition) is 1. The first-order valence-electron chi connectivity index (χ1n) is 6.13. The number of aliphatic hydroxyl groups is 1. The molecule has 0 fully saturated rings. The lowest BCUT2D eigenvalue weighted by Gasteiger charge is -2.19. The second-order valence-corrected chi connectivity index (χ2v) is 6.37. The fraction of sp³-hybridized carbons (Fsp3) is 0.429. The van der Waals surface area contributed by atoms with Gasteiger partial charge in [-0.25, -0.2) is 4.39 Å². The summed E-state index contributed by atoms with van der Waals surface area (Å²) in [6, 6.07) is 6.17. The summed E-state index contributed by atoms with van der Waals surface area (Å²) in [4.78, 5) is 0.789. The van der Waals surface area contributed by atoms with Crippen molar-refractivity contribution < 1.29 is 9.50 Å². The molecule has 1 aromatic heterocycles. The van der Waals surface area contributed by atoms with E-state index in [4.69, 9.17) is 0 Å². The Morgan fingerprint density at radius 3 is 2.47 bits per heavy atom. The van der Waals surface area contributed by atoms with Gasteiger partial charge < -0.3 is 5.11 Å². The Hall–Kier alpha value is -1.33. The van der Waals surface area contributed by atoms with Gasteiger partial charge in [0, 0.05) is 11.8 Å². The molecule has 0 bridgehead atoms. The molecule has 2 aromatic rings. The van der Waals surface area contributed by atoms with E-state index >= 15 is 0 Å². The number of rotatable bonds is 3. The molecule has 0 spiro atoms. The van der Waals surface area contributed by atoms with E-state index in [-0.39, 0.29) is 11.2 Å². The summed E-state index contributed by atoms with van der Waals surface area (Å²) in [5, 5.41) is 14.4. The smallest absolute Gasteiger partial charge is 0.123 e. The summed E-state index contributed by atoms with van der Waals surface area (Å²) in [5.74, 6) is -0.270. The average Bonchev–Trinajstić information content (AvgIpc) is 2.81. The number of benzene rings is 1. The Balaban J connectivity index is 2.19. The zero-order valence-corrected chi connectivity index (χ0v) is 12.0. The first-order chi connectivity index (χ1) is 8.88. The van der Waals surface area contributed by atoms with Crippen LogP contribution in [0, 0.1) is 5.82 Å². The molecule has 0 aliphatic carbocycles. The van der Waals surface area contributed by atoms with Crippen LogP contribution in [0.1, 0.15) is 43.0 Å². The first-order valence-corrected chi connectivity index (χ1v) is 6.90. The maximum absolute atomic E-state index is 12.8. The maximum Gasteiger partial charge on any atom is 0.123 e. The van der Waals surface area contributed by atoms with Crippen LogP contribution in [0.15, 0.2) is 24.3 Å². The molecule has 0 saturated carbocycles. The van der Waals surface area contributed by atoms with Crippen molar-refractivity contribution in [1.29, 1.82) is 0 Å². The second-order valence-electron chi connectivity index (χ2n) is 5.58. The molecule has 5 heteroatoms. The van der Waals surface area contributed by atoms with E-state index in [1.165, 1.54) is 23.7 Å². The summed E-state index contributed by atoms with van der Waals surface area (Å²) in [6.07, 6.45) is -0.215. The van der Waals surface area contributed by atoms with Crippen LogP contribution < -0.4 is 0 Å². The zero-order valence-electron chi connectivity index (χ0n) is 11.2. The third-order valence-electron chi connectivity index (χ3n) is 2.87. The molecule has 0 aliphatic heterocycles. The molecule has 2 rings (SSSR count). The highest BCUT2D eigenvalue weighted by atomic mass is 32.1. The fourth-order valence-electron chi connectivity index (χ4n) is 1.87. The molecule has 1 heterocycles. The van der Waals surface area contributed by atoms with Gasteiger partial charge >= 0.3 is 0 Å². The largest absolute Gasteiger partial charge is 0.387 e. The highest BCUT2D eigenvalue weighted by molar-refractivity contribution is 7.05. The van der Waals surface area contributed by atoms with Crippen molar-refractivity contribution >= 4 is 11.5 Å². The van der Waals surface area contributed by atoms with Gasteiger partial charge in [-0.3, -0.25) is 0 Å². The van der Waals surface area contributed by atoms with Crippen molar-refractivity contribution in [3.63, 3.8) is 0 Å². The Bertz CT molecular complexity index is 545. The molecule has 19 heavy (non-hydrogen) atoms. The topological polar surface area (TPSA) is 46.0 Å². The van der Waals surface area contributed by atoms with E-state index < -0.39 is 6.10 Å². The Kier molecular flexibility index (Phi) is 3.96. The molecule has 0 aliphatic rings. The van der Waals surface area contributed by atoms with Crippen LogP contribution in [0.5, 0.6) is 0 Å². The monoisotopic (exact) mass is 280 g/mol. The molecule has 0 saturated heterocycles. The van der Waals surface area contributed by atoms with Gasteiger partial charge in [-0.05, 0) is 29.2 Å². The normalized spacial score (nSPS) is 13.5. The quantitative estimate of drug-likeness (QED) is 0.938. The molecule has 1 unspecified atom stereocenters. The van der Waals surface area contributed by atoms with Crippen LogP contribution in [-0.4, -0.2) is 14.7 Å². The molecular formula is C14H17FN2OS. The average molecular weight is 280 g/mol. The van der Waals surface area contributed by atoms with Crippen molar-refractivity contribution in [2.24, 2.45) is 0 Å². The standard InChI is InChI=1S/C14H17FN2OS/c1-14(2,3)13-12(19-17-16-13)11(18)8-9-4-6-10(15)7-5-9/h4-7,11,18H,8H2,1-3H3. The van der Waals surface area contributed by atoms with Crippen LogP contribution >= 0.6 is 11.5 Å². The van der Waals surface area contributed by atoms with E-state index in [2.05, 4.69) is 9.59 Å². The van der Waals surface area contributed by atoms with E-state index in [0.717, 1.165) is 16.1 Å². The Labute approximate surface area is 116 Å². The molecule has 0 radical (unpaired) electrons. The van der Waals surface area contributed by atoms with Gasteiger partial charge in [0.1, 0.15) is 5.82 Å². The maximum atomic E-state index is 12.8. The number of nitrogens with zero attached hydrogens (tertiary/aromatic N) is 2.